The zero-order valence-electron chi connectivity index (χ0n) is 15.0. The number of benzene rings is 1. The van der Waals surface area contributed by atoms with Crippen molar-refractivity contribution in [3.05, 3.63) is 47.3 Å². The van der Waals surface area contributed by atoms with Gasteiger partial charge in [0, 0.05) is 12.6 Å². The Morgan fingerprint density at radius 1 is 1.26 bits per heavy atom. The highest BCUT2D eigenvalue weighted by Gasteiger charge is 2.24. The molecule has 0 radical (unpaired) electrons. The first-order valence-corrected chi connectivity index (χ1v) is 9.83. The first-order chi connectivity index (χ1) is 12.8. The fourth-order valence-electron chi connectivity index (χ4n) is 2.60. The van der Waals surface area contributed by atoms with Crippen molar-refractivity contribution in [1.29, 1.82) is 0 Å². The van der Waals surface area contributed by atoms with Gasteiger partial charge in [-0.25, -0.2) is 12.8 Å². The lowest BCUT2D eigenvalue weighted by Gasteiger charge is -2.08. The average molecular weight is 391 g/mol. The molecule has 3 rings (SSSR count). The molecule has 3 aromatic rings. The quantitative estimate of drug-likeness (QED) is 0.696. The average Bonchev–Trinajstić information content (AvgIpc) is 3.00. The Kier molecular flexibility index (Phi) is 4.88. The number of pyridine rings is 1. The van der Waals surface area contributed by atoms with Gasteiger partial charge in [-0.05, 0) is 49.7 Å². The predicted octanol–water partition coefficient (Wildman–Crippen LogP) is 3.06. The third kappa shape index (κ3) is 3.63. The largest absolute Gasteiger partial charge is 0.437 e. The topological polar surface area (TPSA) is 101 Å². The summed E-state index contributed by atoms with van der Waals surface area (Å²) in [6, 6.07) is 7.14. The molecule has 1 amide bonds. The van der Waals surface area contributed by atoms with Gasteiger partial charge in [-0.1, -0.05) is 0 Å². The zero-order chi connectivity index (χ0) is 19.8. The molecule has 2 aromatic heterocycles. The van der Waals surface area contributed by atoms with E-state index in [2.05, 4.69) is 15.0 Å². The summed E-state index contributed by atoms with van der Waals surface area (Å²) in [7, 11) is -2.03. The van der Waals surface area contributed by atoms with Crippen LogP contribution in [0.25, 0.3) is 22.4 Å². The van der Waals surface area contributed by atoms with Crippen LogP contribution in [0.1, 0.15) is 22.8 Å². The lowest BCUT2D eigenvalue weighted by Crippen LogP contribution is -2.18. The van der Waals surface area contributed by atoms with Gasteiger partial charge in [0.2, 0.25) is 15.7 Å². The maximum Gasteiger partial charge on any atom is 0.255 e. The van der Waals surface area contributed by atoms with E-state index in [4.69, 9.17) is 4.42 Å². The second-order valence-electron chi connectivity index (χ2n) is 5.90. The normalized spacial score (nSPS) is 11.6. The van der Waals surface area contributed by atoms with Crippen LogP contribution in [0.5, 0.6) is 0 Å². The highest BCUT2D eigenvalue weighted by Crippen LogP contribution is 2.35. The van der Waals surface area contributed by atoms with E-state index in [9.17, 15) is 17.6 Å². The second-order valence-corrected chi connectivity index (χ2v) is 7.92. The smallest absolute Gasteiger partial charge is 0.255 e. The van der Waals surface area contributed by atoms with Crippen LogP contribution in [0.2, 0.25) is 0 Å². The number of carbonyl (C=O) groups excluding carboxylic acids is 1. The van der Waals surface area contributed by atoms with Crippen LogP contribution >= 0.6 is 0 Å². The Hall–Kier alpha value is -2.94. The van der Waals surface area contributed by atoms with Crippen LogP contribution in [-0.4, -0.2) is 32.1 Å². The number of aryl methyl sites for hydroxylation is 1. The highest BCUT2D eigenvalue weighted by atomic mass is 32.2. The Balaban J connectivity index is 2.24. The molecule has 0 aliphatic heterocycles. The summed E-state index contributed by atoms with van der Waals surface area (Å²) in [6.07, 6.45) is 0. The van der Waals surface area contributed by atoms with E-state index in [0.717, 1.165) is 0 Å². The number of hydrogen-bond donors (Lipinski definition) is 2. The van der Waals surface area contributed by atoms with Gasteiger partial charge in [0.15, 0.2) is 0 Å². The molecule has 0 fully saturated rings. The molecule has 142 valence electrons. The highest BCUT2D eigenvalue weighted by molar-refractivity contribution is 7.92. The van der Waals surface area contributed by atoms with Crippen molar-refractivity contribution >= 4 is 32.8 Å². The van der Waals surface area contributed by atoms with E-state index >= 15 is 0 Å². The van der Waals surface area contributed by atoms with Gasteiger partial charge in [-0.2, -0.15) is 4.98 Å². The molecule has 1 aromatic carbocycles. The van der Waals surface area contributed by atoms with E-state index in [1.54, 1.807) is 13.0 Å². The van der Waals surface area contributed by atoms with Crippen LogP contribution in [0.15, 0.2) is 34.7 Å². The van der Waals surface area contributed by atoms with Crippen molar-refractivity contribution < 1.29 is 22.0 Å². The van der Waals surface area contributed by atoms with Crippen LogP contribution < -0.4 is 10.0 Å². The number of nitrogens with zero attached hydrogens (tertiary/aromatic N) is 1. The Morgan fingerprint density at radius 2 is 1.93 bits per heavy atom. The molecule has 27 heavy (non-hydrogen) atoms. The van der Waals surface area contributed by atoms with Gasteiger partial charge in [-0.3, -0.25) is 9.52 Å². The fourth-order valence-corrected chi connectivity index (χ4v) is 3.25. The van der Waals surface area contributed by atoms with Crippen molar-refractivity contribution in [1.82, 2.24) is 10.3 Å². The minimum atomic E-state index is -3.52. The molecule has 9 heteroatoms. The van der Waals surface area contributed by atoms with Crippen LogP contribution in [0, 0.1) is 12.7 Å². The van der Waals surface area contributed by atoms with Gasteiger partial charge < -0.3 is 9.73 Å². The van der Waals surface area contributed by atoms with Crippen LogP contribution in [-0.2, 0) is 10.0 Å². The lowest BCUT2D eigenvalue weighted by atomic mass is 10.0. The number of aromatic nitrogens is 1. The second kappa shape index (κ2) is 6.99. The van der Waals surface area contributed by atoms with E-state index in [0.29, 0.717) is 16.5 Å². The molecule has 2 N–H and O–H groups in total. The third-order valence-corrected chi connectivity index (χ3v) is 5.33. The molecule has 0 atom stereocenters. The maximum atomic E-state index is 13.2. The summed E-state index contributed by atoms with van der Waals surface area (Å²) >= 11 is 0. The minimum Gasteiger partial charge on any atom is -0.437 e. The number of fused-ring (bicyclic) bond motifs is 1. The summed E-state index contributed by atoms with van der Waals surface area (Å²) in [6.45, 7) is 3.19. The van der Waals surface area contributed by atoms with Crippen molar-refractivity contribution in [3.8, 4) is 11.3 Å². The number of sulfonamides is 1. The Labute approximate surface area is 155 Å². The summed E-state index contributed by atoms with van der Waals surface area (Å²) in [5.41, 5.74) is 1.39. The molecule has 0 aliphatic carbocycles. The van der Waals surface area contributed by atoms with E-state index < -0.39 is 21.7 Å². The van der Waals surface area contributed by atoms with Crippen molar-refractivity contribution in [2.24, 2.45) is 0 Å². The van der Waals surface area contributed by atoms with Crippen LogP contribution in [0.3, 0.4) is 0 Å². The molecular weight excluding hydrogens is 373 g/mol. The van der Waals surface area contributed by atoms with Crippen molar-refractivity contribution in [2.45, 2.75) is 13.8 Å². The minimum absolute atomic E-state index is 0.103. The van der Waals surface area contributed by atoms with E-state index in [1.165, 1.54) is 38.2 Å². The molecule has 0 bridgehead atoms. The summed E-state index contributed by atoms with van der Waals surface area (Å²) in [5, 5.41) is 2.99. The fraction of sp³-hybridized carbons (Fsp3) is 0.222. The number of carbonyl (C=O) groups is 1. The van der Waals surface area contributed by atoms with Gasteiger partial charge in [0.1, 0.15) is 17.4 Å². The van der Waals surface area contributed by atoms with Crippen LogP contribution in [0.4, 0.5) is 10.2 Å². The lowest BCUT2D eigenvalue weighted by molar-refractivity contribution is 0.0964. The number of nitrogens with one attached hydrogen (secondary N) is 2. The zero-order valence-corrected chi connectivity index (χ0v) is 15.8. The number of furan rings is 1. The standard InChI is InChI=1S/C18H18FN3O4S/c1-4-27(24,25)22-16-10(2)9-13-14(17(23)20-3)15(26-18(13)21-16)11-5-7-12(19)8-6-11/h5-9H,4H2,1-3H3,(H,20,23)(H,21,22). The Bertz CT molecular complexity index is 1120. The molecular formula is C18H18FN3O4S. The monoisotopic (exact) mass is 391 g/mol. The SMILES string of the molecule is CCS(=O)(=O)Nc1nc2oc(-c3ccc(F)cc3)c(C(=O)NC)c2cc1C. The number of hydrogen-bond acceptors (Lipinski definition) is 5. The maximum absolute atomic E-state index is 13.2. The number of rotatable bonds is 5. The molecule has 0 aliphatic rings. The van der Waals surface area contributed by atoms with E-state index in [1.807, 2.05) is 0 Å². The molecule has 0 spiro atoms. The van der Waals surface area contributed by atoms with Crippen molar-refractivity contribution in [3.63, 3.8) is 0 Å². The molecule has 0 saturated carbocycles. The summed E-state index contributed by atoms with van der Waals surface area (Å²) in [4.78, 5) is 16.7. The molecule has 2 heterocycles. The first kappa shape index (κ1) is 18.8. The van der Waals surface area contributed by atoms with Gasteiger partial charge >= 0.3 is 0 Å². The number of halogens is 1. The first-order valence-electron chi connectivity index (χ1n) is 8.18. The van der Waals surface area contributed by atoms with E-state index in [-0.39, 0.29) is 28.6 Å². The summed E-state index contributed by atoms with van der Waals surface area (Å²) < 4.78 is 45.1. The number of amides is 1. The van der Waals surface area contributed by atoms with Gasteiger partial charge in [-0.15, -0.1) is 0 Å². The Morgan fingerprint density at radius 3 is 2.52 bits per heavy atom. The molecule has 0 saturated heterocycles. The van der Waals surface area contributed by atoms with Gasteiger partial charge in [0.05, 0.1) is 16.7 Å². The predicted molar refractivity (Wildman–Crippen MR) is 101 cm³/mol. The number of anilines is 1. The molecule has 0 unspecified atom stereocenters. The van der Waals surface area contributed by atoms with Crippen molar-refractivity contribution in [2.75, 3.05) is 17.5 Å². The summed E-state index contributed by atoms with van der Waals surface area (Å²) in [5.74, 6) is -0.550. The van der Waals surface area contributed by atoms with Gasteiger partial charge in [0.25, 0.3) is 5.91 Å². The third-order valence-electron chi connectivity index (χ3n) is 4.07. The molecule has 7 nitrogen and oxygen atoms in total.